The lowest BCUT2D eigenvalue weighted by Gasteiger charge is -2.32. The smallest absolute Gasteiger partial charge is 0.243 e. The van der Waals surface area contributed by atoms with Crippen molar-refractivity contribution in [2.24, 2.45) is 0 Å². The summed E-state index contributed by atoms with van der Waals surface area (Å²) < 4.78 is 31.5. The first kappa shape index (κ1) is 33.0. The summed E-state index contributed by atoms with van der Waals surface area (Å²) in [5.74, 6) is -0.109. The van der Waals surface area contributed by atoms with Crippen LogP contribution in [0.25, 0.3) is 0 Å². The third-order valence-corrected chi connectivity index (χ3v) is 8.53. The molecule has 2 amide bonds. The van der Waals surface area contributed by atoms with Crippen molar-refractivity contribution in [1.82, 2.24) is 10.2 Å². The summed E-state index contributed by atoms with van der Waals surface area (Å²) >= 11 is 18.5. The zero-order chi connectivity index (χ0) is 29.3. The highest BCUT2D eigenvalue weighted by Crippen LogP contribution is 2.30. The number of nitrogens with zero attached hydrogens (tertiary/aromatic N) is 2. The fraction of sp³-hybridized carbons (Fsp3) is 0.481. The number of ether oxygens (including phenoxy) is 1. The lowest BCUT2D eigenvalue weighted by molar-refractivity contribution is -0.141. The molecule has 39 heavy (non-hydrogen) atoms. The number of halogens is 3. The van der Waals surface area contributed by atoms with Crippen LogP contribution < -0.4 is 14.4 Å². The van der Waals surface area contributed by atoms with Crippen LogP contribution in [0.15, 0.2) is 36.4 Å². The molecule has 0 heterocycles. The summed E-state index contributed by atoms with van der Waals surface area (Å²) in [6, 6.07) is 8.99. The molecule has 2 aromatic carbocycles. The van der Waals surface area contributed by atoms with Gasteiger partial charge < -0.3 is 15.0 Å². The van der Waals surface area contributed by atoms with E-state index in [9.17, 15) is 18.0 Å². The van der Waals surface area contributed by atoms with Crippen LogP contribution in [0.2, 0.25) is 15.1 Å². The second-order valence-electron chi connectivity index (χ2n) is 9.27. The van der Waals surface area contributed by atoms with Gasteiger partial charge in [0.15, 0.2) is 0 Å². The second kappa shape index (κ2) is 15.0. The van der Waals surface area contributed by atoms with Gasteiger partial charge >= 0.3 is 0 Å². The summed E-state index contributed by atoms with van der Waals surface area (Å²) in [6.07, 6.45) is 2.48. The Hall–Kier alpha value is -2.20. The predicted octanol–water partition coefficient (Wildman–Crippen LogP) is 5.92. The van der Waals surface area contributed by atoms with Gasteiger partial charge in [0.05, 0.1) is 34.1 Å². The molecule has 0 aromatic heterocycles. The first-order valence-electron chi connectivity index (χ1n) is 12.7. The molecule has 0 spiro atoms. The third-order valence-electron chi connectivity index (χ3n) is 6.30. The van der Waals surface area contributed by atoms with E-state index in [1.165, 1.54) is 22.4 Å². The van der Waals surface area contributed by atoms with Crippen LogP contribution in [0, 0.1) is 0 Å². The minimum Gasteiger partial charge on any atom is -0.495 e. The maximum absolute atomic E-state index is 13.5. The van der Waals surface area contributed by atoms with Crippen molar-refractivity contribution in [3.63, 3.8) is 0 Å². The van der Waals surface area contributed by atoms with E-state index in [4.69, 9.17) is 39.5 Å². The van der Waals surface area contributed by atoms with Crippen molar-refractivity contribution in [3.05, 3.63) is 57.0 Å². The Bertz CT molecular complexity index is 1260. The molecule has 0 saturated carbocycles. The van der Waals surface area contributed by atoms with Crippen molar-refractivity contribution >= 4 is 62.3 Å². The number of rotatable bonds is 14. The second-order valence-corrected chi connectivity index (χ2v) is 12.4. The zero-order valence-electron chi connectivity index (χ0n) is 22.8. The molecule has 2 atom stereocenters. The Kier molecular flexibility index (Phi) is 12.7. The molecule has 0 aliphatic heterocycles. The lowest BCUT2D eigenvalue weighted by atomic mass is 10.1. The number of hydrogen-bond donors (Lipinski definition) is 1. The summed E-state index contributed by atoms with van der Waals surface area (Å²) in [5.41, 5.74) is 1.08. The minimum absolute atomic E-state index is 0.0182. The Morgan fingerprint density at radius 1 is 1.00 bits per heavy atom. The van der Waals surface area contributed by atoms with E-state index in [2.05, 4.69) is 5.32 Å². The van der Waals surface area contributed by atoms with E-state index in [1.54, 1.807) is 30.3 Å². The molecular weight excluding hydrogens is 585 g/mol. The van der Waals surface area contributed by atoms with Gasteiger partial charge in [-0.15, -0.1) is 0 Å². The predicted molar refractivity (Wildman–Crippen MR) is 158 cm³/mol. The van der Waals surface area contributed by atoms with E-state index in [-0.39, 0.29) is 48.8 Å². The van der Waals surface area contributed by atoms with Gasteiger partial charge in [0.25, 0.3) is 0 Å². The third kappa shape index (κ3) is 9.45. The highest BCUT2D eigenvalue weighted by Gasteiger charge is 2.29. The van der Waals surface area contributed by atoms with Crippen LogP contribution in [0.1, 0.15) is 52.0 Å². The van der Waals surface area contributed by atoms with E-state index in [0.29, 0.717) is 27.9 Å². The highest BCUT2D eigenvalue weighted by molar-refractivity contribution is 7.92. The van der Waals surface area contributed by atoms with Gasteiger partial charge in [-0.2, -0.15) is 0 Å². The van der Waals surface area contributed by atoms with E-state index in [0.717, 1.165) is 18.2 Å². The molecule has 0 radical (unpaired) electrons. The van der Waals surface area contributed by atoms with Gasteiger partial charge in [-0.1, -0.05) is 54.7 Å². The summed E-state index contributed by atoms with van der Waals surface area (Å²) in [4.78, 5) is 28.2. The van der Waals surface area contributed by atoms with E-state index >= 15 is 0 Å². The van der Waals surface area contributed by atoms with Gasteiger partial charge in [-0.3, -0.25) is 13.9 Å². The molecule has 1 N–H and O–H groups in total. The molecule has 0 saturated heterocycles. The van der Waals surface area contributed by atoms with Crippen LogP contribution in [-0.4, -0.2) is 57.1 Å². The maximum atomic E-state index is 13.5. The Labute approximate surface area is 246 Å². The van der Waals surface area contributed by atoms with Crippen molar-refractivity contribution in [2.45, 2.75) is 65.1 Å². The molecule has 8 nitrogen and oxygen atoms in total. The summed E-state index contributed by atoms with van der Waals surface area (Å²) in [7, 11) is -2.19. The first-order chi connectivity index (χ1) is 18.3. The molecule has 2 rings (SSSR count). The van der Waals surface area contributed by atoms with Crippen molar-refractivity contribution in [3.8, 4) is 5.75 Å². The van der Waals surface area contributed by atoms with Gasteiger partial charge in [0.2, 0.25) is 21.8 Å². The Balaban J connectivity index is 2.27. The molecule has 2 aromatic rings. The minimum atomic E-state index is -3.66. The number of anilines is 1. The molecular formula is C27H36Cl3N3O5S. The van der Waals surface area contributed by atoms with E-state index < -0.39 is 16.1 Å². The topological polar surface area (TPSA) is 96.0 Å². The average molecular weight is 621 g/mol. The zero-order valence-corrected chi connectivity index (χ0v) is 25.9. The Morgan fingerprint density at radius 3 is 2.23 bits per heavy atom. The van der Waals surface area contributed by atoms with Crippen molar-refractivity contribution in [1.29, 1.82) is 0 Å². The van der Waals surface area contributed by atoms with Crippen LogP contribution >= 0.6 is 34.8 Å². The molecule has 0 bridgehead atoms. The number of carbonyl (C=O) groups excluding carboxylic acids is 2. The fourth-order valence-corrected chi connectivity index (χ4v) is 5.54. The summed E-state index contributed by atoms with van der Waals surface area (Å²) in [6.45, 7) is 5.90. The van der Waals surface area contributed by atoms with Crippen molar-refractivity contribution in [2.75, 3.05) is 24.2 Å². The number of carbonyl (C=O) groups is 2. The van der Waals surface area contributed by atoms with Crippen molar-refractivity contribution < 1.29 is 22.7 Å². The van der Waals surface area contributed by atoms with Crippen LogP contribution in [0.3, 0.4) is 0 Å². The standard InChI is InChI=1S/C27H36Cl3N3O5S/c1-6-18(3)31-27(35)24(7-2)32(17-19-10-12-21(28)22(29)15-19)26(34)9-8-14-33(39(5,36)37)20-11-13-25(38-4)23(30)16-20/h10-13,15-16,18,24H,6-9,14,17H2,1-5H3,(H,31,35). The normalized spacial score (nSPS) is 12.9. The molecule has 216 valence electrons. The molecule has 0 fully saturated rings. The molecule has 0 aliphatic rings. The molecule has 0 aliphatic carbocycles. The van der Waals surface area contributed by atoms with Gasteiger partial charge in [0, 0.05) is 25.6 Å². The van der Waals surface area contributed by atoms with Crippen LogP contribution in [0.4, 0.5) is 5.69 Å². The largest absolute Gasteiger partial charge is 0.495 e. The number of sulfonamides is 1. The quantitative estimate of drug-likeness (QED) is 0.283. The molecule has 12 heteroatoms. The number of nitrogens with one attached hydrogen (secondary N) is 1. The monoisotopic (exact) mass is 619 g/mol. The maximum Gasteiger partial charge on any atom is 0.243 e. The SMILES string of the molecule is CCC(C)NC(=O)C(CC)N(Cc1ccc(Cl)c(Cl)c1)C(=O)CCCN(c1ccc(OC)c(Cl)c1)S(C)(=O)=O. The van der Waals surface area contributed by atoms with Gasteiger partial charge in [-0.05, 0) is 62.1 Å². The number of benzene rings is 2. The van der Waals surface area contributed by atoms with Crippen LogP contribution in [0.5, 0.6) is 5.75 Å². The van der Waals surface area contributed by atoms with Gasteiger partial charge in [0.1, 0.15) is 11.8 Å². The van der Waals surface area contributed by atoms with Gasteiger partial charge in [-0.25, -0.2) is 8.42 Å². The summed E-state index contributed by atoms with van der Waals surface area (Å²) in [5, 5.41) is 3.97. The van der Waals surface area contributed by atoms with Crippen LogP contribution in [-0.2, 0) is 26.2 Å². The first-order valence-corrected chi connectivity index (χ1v) is 15.7. The fourth-order valence-electron chi connectivity index (χ4n) is 4.01. The highest BCUT2D eigenvalue weighted by atomic mass is 35.5. The van der Waals surface area contributed by atoms with E-state index in [1.807, 2.05) is 20.8 Å². The number of methoxy groups -OCH3 is 1. The lowest BCUT2D eigenvalue weighted by Crippen LogP contribution is -2.50. The molecule has 2 unspecified atom stereocenters. The number of hydrogen-bond acceptors (Lipinski definition) is 5. The average Bonchev–Trinajstić information content (AvgIpc) is 2.87. The number of amides is 2. The Morgan fingerprint density at radius 2 is 1.69 bits per heavy atom.